The van der Waals surface area contributed by atoms with Gasteiger partial charge < -0.3 is 15.5 Å². The zero-order chi connectivity index (χ0) is 15.9. The lowest BCUT2D eigenvalue weighted by molar-refractivity contribution is -0.133. The van der Waals surface area contributed by atoms with E-state index in [1.54, 1.807) is 0 Å². The summed E-state index contributed by atoms with van der Waals surface area (Å²) in [7, 11) is 1.96. The number of nitrogens with zero attached hydrogens (tertiary/aromatic N) is 1. The van der Waals surface area contributed by atoms with E-state index in [1.807, 2.05) is 42.3 Å². The average Bonchev–Trinajstić information content (AvgIpc) is 2.54. The summed E-state index contributed by atoms with van der Waals surface area (Å²) in [4.78, 5) is 25.8. The molecule has 1 aliphatic heterocycles. The number of nitrogens with one attached hydrogen (secondary N) is 2. The fraction of sp³-hybridized carbons (Fsp3) is 0.529. The third-order valence-corrected chi connectivity index (χ3v) is 4.21. The zero-order valence-electron chi connectivity index (χ0n) is 13.3. The van der Waals surface area contributed by atoms with Gasteiger partial charge >= 0.3 is 0 Å². The number of carbonyl (C=O) groups is 2. The number of rotatable bonds is 5. The third kappa shape index (κ3) is 4.56. The van der Waals surface area contributed by atoms with Crippen LogP contribution in [0, 0.1) is 0 Å². The maximum absolute atomic E-state index is 12.5. The van der Waals surface area contributed by atoms with Crippen LogP contribution in [-0.2, 0) is 9.59 Å². The summed E-state index contributed by atoms with van der Waals surface area (Å²) in [6, 6.07) is 9.92. The van der Waals surface area contributed by atoms with E-state index in [-0.39, 0.29) is 17.9 Å². The summed E-state index contributed by atoms with van der Waals surface area (Å²) in [5.41, 5.74) is 0.969. The summed E-state index contributed by atoms with van der Waals surface area (Å²) in [5, 5.41) is 6.15. The molecule has 0 aromatic heterocycles. The lowest BCUT2D eigenvalue weighted by Crippen LogP contribution is -2.45. The molecule has 0 aliphatic carbocycles. The molecule has 1 heterocycles. The van der Waals surface area contributed by atoms with E-state index in [1.165, 1.54) is 6.92 Å². The monoisotopic (exact) mass is 303 g/mol. The van der Waals surface area contributed by atoms with Gasteiger partial charge in [-0.2, -0.15) is 0 Å². The molecule has 120 valence electrons. The Labute approximate surface area is 132 Å². The molecule has 5 heteroatoms. The van der Waals surface area contributed by atoms with Crippen LogP contribution in [0.4, 0.5) is 0 Å². The van der Waals surface area contributed by atoms with Crippen LogP contribution in [0.25, 0.3) is 0 Å². The van der Waals surface area contributed by atoms with Crippen molar-refractivity contribution in [1.29, 1.82) is 0 Å². The highest BCUT2D eigenvalue weighted by Crippen LogP contribution is 2.19. The number of likely N-dealkylation sites (tertiary alicyclic amines) is 1. The van der Waals surface area contributed by atoms with Gasteiger partial charge in [0.05, 0.1) is 12.5 Å². The Morgan fingerprint density at radius 3 is 2.41 bits per heavy atom. The van der Waals surface area contributed by atoms with Crippen LogP contribution in [0.3, 0.4) is 0 Å². The van der Waals surface area contributed by atoms with Gasteiger partial charge in [-0.15, -0.1) is 0 Å². The predicted molar refractivity (Wildman–Crippen MR) is 86.3 cm³/mol. The van der Waals surface area contributed by atoms with Crippen molar-refractivity contribution in [2.24, 2.45) is 0 Å². The van der Waals surface area contributed by atoms with Gasteiger partial charge in [-0.1, -0.05) is 30.3 Å². The zero-order valence-corrected chi connectivity index (χ0v) is 13.3. The minimum Gasteiger partial charge on any atom is -0.349 e. The van der Waals surface area contributed by atoms with Gasteiger partial charge in [-0.05, 0) is 25.5 Å². The fourth-order valence-corrected chi connectivity index (χ4v) is 2.90. The van der Waals surface area contributed by atoms with Gasteiger partial charge in [0, 0.05) is 26.1 Å². The van der Waals surface area contributed by atoms with Crippen molar-refractivity contribution >= 4 is 11.8 Å². The van der Waals surface area contributed by atoms with Gasteiger partial charge in [-0.25, -0.2) is 0 Å². The second-order valence-electron chi connectivity index (χ2n) is 5.81. The molecule has 1 aromatic carbocycles. The molecule has 22 heavy (non-hydrogen) atoms. The molecule has 1 aromatic rings. The first kappa shape index (κ1) is 16.5. The maximum atomic E-state index is 12.5. The van der Waals surface area contributed by atoms with E-state index in [9.17, 15) is 9.59 Å². The van der Waals surface area contributed by atoms with Gasteiger partial charge in [0.15, 0.2) is 0 Å². The van der Waals surface area contributed by atoms with Crippen LogP contribution in [0.15, 0.2) is 30.3 Å². The number of piperidine rings is 1. The quantitative estimate of drug-likeness (QED) is 0.866. The number of hydrogen-bond donors (Lipinski definition) is 2. The van der Waals surface area contributed by atoms with Crippen molar-refractivity contribution in [3.8, 4) is 0 Å². The molecule has 2 amide bonds. The third-order valence-electron chi connectivity index (χ3n) is 4.21. The van der Waals surface area contributed by atoms with Gasteiger partial charge in [0.25, 0.3) is 0 Å². The predicted octanol–water partition coefficient (Wildman–Crippen LogP) is 1.46. The normalized spacial score (nSPS) is 17.1. The molecule has 1 fully saturated rings. The number of amides is 2. The first-order valence-electron chi connectivity index (χ1n) is 7.87. The average molecular weight is 303 g/mol. The summed E-state index contributed by atoms with van der Waals surface area (Å²) < 4.78 is 0. The molecule has 1 aliphatic rings. The highest BCUT2D eigenvalue weighted by molar-refractivity contribution is 5.79. The number of hydrogen-bond acceptors (Lipinski definition) is 3. The van der Waals surface area contributed by atoms with Crippen LogP contribution in [-0.4, -0.2) is 42.9 Å². The Morgan fingerprint density at radius 1 is 1.23 bits per heavy atom. The molecular formula is C17H25N3O2. The molecule has 0 bridgehead atoms. The van der Waals surface area contributed by atoms with E-state index in [0.29, 0.717) is 12.5 Å². The number of benzene rings is 1. The SMILES string of the molecule is CNC1CCN(C(=O)CC(NC(C)=O)c2ccccc2)CC1. The highest BCUT2D eigenvalue weighted by atomic mass is 16.2. The smallest absolute Gasteiger partial charge is 0.224 e. The maximum Gasteiger partial charge on any atom is 0.224 e. The molecule has 0 spiro atoms. The summed E-state index contributed by atoms with van der Waals surface area (Å²) in [6.07, 6.45) is 2.28. The van der Waals surface area contributed by atoms with Gasteiger partial charge in [-0.3, -0.25) is 9.59 Å². The summed E-state index contributed by atoms with van der Waals surface area (Å²) >= 11 is 0. The van der Waals surface area contributed by atoms with E-state index < -0.39 is 0 Å². The largest absolute Gasteiger partial charge is 0.349 e. The minimum atomic E-state index is -0.256. The summed E-state index contributed by atoms with van der Waals surface area (Å²) in [5.74, 6) is -0.00676. The second kappa shape index (κ2) is 7.94. The van der Waals surface area contributed by atoms with Crippen LogP contribution in [0.1, 0.15) is 37.8 Å². The second-order valence-corrected chi connectivity index (χ2v) is 5.81. The first-order chi connectivity index (χ1) is 10.6. The molecule has 1 atom stereocenters. The van der Waals surface area contributed by atoms with Crippen LogP contribution in [0.5, 0.6) is 0 Å². The molecule has 1 unspecified atom stereocenters. The van der Waals surface area contributed by atoms with Gasteiger partial charge in [0.2, 0.25) is 11.8 Å². The first-order valence-corrected chi connectivity index (χ1v) is 7.87. The standard InChI is InChI=1S/C17H25N3O2/c1-13(21)19-16(14-6-4-3-5-7-14)12-17(22)20-10-8-15(18-2)9-11-20/h3-7,15-16,18H,8-12H2,1-2H3,(H,19,21). The lowest BCUT2D eigenvalue weighted by atomic mass is 10.0. The molecule has 0 saturated carbocycles. The molecule has 0 radical (unpaired) electrons. The van der Waals surface area contributed by atoms with Crippen molar-refractivity contribution < 1.29 is 9.59 Å². The van der Waals surface area contributed by atoms with Crippen LogP contribution < -0.4 is 10.6 Å². The van der Waals surface area contributed by atoms with Gasteiger partial charge in [0.1, 0.15) is 0 Å². The Kier molecular flexibility index (Phi) is 5.95. The van der Waals surface area contributed by atoms with Crippen molar-refractivity contribution in [1.82, 2.24) is 15.5 Å². The molecule has 2 N–H and O–H groups in total. The van der Waals surface area contributed by atoms with E-state index >= 15 is 0 Å². The highest BCUT2D eigenvalue weighted by Gasteiger charge is 2.25. The summed E-state index contributed by atoms with van der Waals surface area (Å²) in [6.45, 7) is 3.05. The van der Waals surface area contributed by atoms with E-state index in [2.05, 4.69) is 10.6 Å². The Hall–Kier alpha value is -1.88. The Balaban J connectivity index is 1.98. The van der Waals surface area contributed by atoms with Crippen molar-refractivity contribution in [3.05, 3.63) is 35.9 Å². The fourth-order valence-electron chi connectivity index (χ4n) is 2.90. The molecular weight excluding hydrogens is 278 g/mol. The molecule has 5 nitrogen and oxygen atoms in total. The number of carbonyl (C=O) groups excluding carboxylic acids is 2. The van der Waals surface area contributed by atoms with Crippen LogP contribution >= 0.6 is 0 Å². The van der Waals surface area contributed by atoms with Crippen molar-refractivity contribution in [2.45, 2.75) is 38.3 Å². The Bertz CT molecular complexity index is 496. The van der Waals surface area contributed by atoms with E-state index in [0.717, 1.165) is 31.5 Å². The lowest BCUT2D eigenvalue weighted by Gasteiger charge is -2.33. The molecule has 2 rings (SSSR count). The van der Waals surface area contributed by atoms with Crippen LogP contribution in [0.2, 0.25) is 0 Å². The minimum absolute atomic E-state index is 0.108. The topological polar surface area (TPSA) is 61.4 Å². The van der Waals surface area contributed by atoms with Crippen molar-refractivity contribution in [2.75, 3.05) is 20.1 Å². The van der Waals surface area contributed by atoms with E-state index in [4.69, 9.17) is 0 Å². The van der Waals surface area contributed by atoms with Crippen molar-refractivity contribution in [3.63, 3.8) is 0 Å². The molecule has 1 saturated heterocycles. The Morgan fingerprint density at radius 2 is 1.86 bits per heavy atom.